The van der Waals surface area contributed by atoms with Crippen molar-refractivity contribution in [3.05, 3.63) is 24.2 Å². The van der Waals surface area contributed by atoms with Gasteiger partial charge in [-0.3, -0.25) is 0 Å². The van der Waals surface area contributed by atoms with E-state index in [4.69, 9.17) is 4.42 Å². The second-order valence-electron chi connectivity index (χ2n) is 4.42. The molecule has 1 heterocycles. The number of rotatable bonds is 4. The van der Waals surface area contributed by atoms with Crippen LogP contribution < -0.4 is 5.32 Å². The predicted molar refractivity (Wildman–Crippen MR) is 57.1 cm³/mol. The molecule has 1 aromatic rings. The predicted octanol–water partition coefficient (Wildman–Crippen LogP) is 3.12. The third-order valence-corrected chi connectivity index (χ3v) is 3.11. The van der Waals surface area contributed by atoms with Gasteiger partial charge in [0.05, 0.1) is 12.3 Å². The Bertz CT molecular complexity index is 262. The molecule has 0 amide bonds. The molecule has 0 bridgehead atoms. The fourth-order valence-corrected chi connectivity index (χ4v) is 2.21. The fourth-order valence-electron chi connectivity index (χ4n) is 2.21. The number of hydrogen-bond donors (Lipinski definition) is 1. The van der Waals surface area contributed by atoms with Crippen molar-refractivity contribution in [1.82, 2.24) is 5.32 Å². The van der Waals surface area contributed by atoms with Crippen LogP contribution in [-0.4, -0.2) is 6.04 Å². The first-order chi connectivity index (χ1) is 6.79. The molecule has 1 aliphatic carbocycles. The summed E-state index contributed by atoms with van der Waals surface area (Å²) in [6.45, 7) is 4.51. The van der Waals surface area contributed by atoms with Crippen molar-refractivity contribution in [2.75, 3.05) is 0 Å². The smallest absolute Gasteiger partial charge is 0.120 e. The minimum atomic E-state index is 0.405. The van der Waals surface area contributed by atoms with Crippen LogP contribution in [-0.2, 0) is 0 Å². The van der Waals surface area contributed by atoms with Crippen LogP contribution >= 0.6 is 0 Å². The molecule has 14 heavy (non-hydrogen) atoms. The summed E-state index contributed by atoms with van der Waals surface area (Å²) >= 11 is 0. The van der Waals surface area contributed by atoms with Gasteiger partial charge in [-0.05, 0) is 37.3 Å². The van der Waals surface area contributed by atoms with E-state index in [1.54, 1.807) is 6.26 Å². The van der Waals surface area contributed by atoms with E-state index in [0.29, 0.717) is 12.1 Å². The van der Waals surface area contributed by atoms with Crippen molar-refractivity contribution in [2.45, 2.75) is 45.2 Å². The van der Waals surface area contributed by atoms with E-state index in [1.807, 2.05) is 6.07 Å². The van der Waals surface area contributed by atoms with Gasteiger partial charge in [-0.2, -0.15) is 0 Å². The van der Waals surface area contributed by atoms with Gasteiger partial charge in [0.25, 0.3) is 0 Å². The fraction of sp³-hybridized carbons (Fsp3) is 0.667. The molecule has 2 nitrogen and oxygen atoms in total. The highest BCUT2D eigenvalue weighted by molar-refractivity contribution is 5.05. The second-order valence-corrected chi connectivity index (χ2v) is 4.42. The molecule has 0 aromatic carbocycles. The Morgan fingerprint density at radius 1 is 1.57 bits per heavy atom. The van der Waals surface area contributed by atoms with Crippen LogP contribution in [0.15, 0.2) is 22.8 Å². The summed E-state index contributed by atoms with van der Waals surface area (Å²) in [5.74, 6) is 1.98. The van der Waals surface area contributed by atoms with Gasteiger partial charge in [-0.15, -0.1) is 0 Å². The molecule has 1 N–H and O–H groups in total. The first-order valence-electron chi connectivity index (χ1n) is 5.59. The van der Waals surface area contributed by atoms with Gasteiger partial charge in [0.15, 0.2) is 0 Å². The number of furan rings is 1. The van der Waals surface area contributed by atoms with Gasteiger partial charge in [0.1, 0.15) is 5.76 Å². The summed E-state index contributed by atoms with van der Waals surface area (Å²) in [7, 11) is 0. The minimum Gasteiger partial charge on any atom is -0.468 e. The Labute approximate surface area is 85.7 Å². The highest BCUT2D eigenvalue weighted by Gasteiger charge is 2.27. The molecular formula is C12H19NO. The normalized spacial score (nSPS) is 28.4. The lowest BCUT2D eigenvalue weighted by molar-refractivity contribution is 0.211. The van der Waals surface area contributed by atoms with Crippen molar-refractivity contribution in [2.24, 2.45) is 5.92 Å². The molecule has 1 atom stereocenters. The number of hydrogen-bond acceptors (Lipinski definition) is 2. The Kier molecular flexibility index (Phi) is 2.92. The molecule has 1 aromatic heterocycles. The lowest BCUT2D eigenvalue weighted by atomic mass is 9.81. The summed E-state index contributed by atoms with van der Waals surface area (Å²) in [6, 6.07) is 5.13. The summed E-state index contributed by atoms with van der Waals surface area (Å²) < 4.78 is 5.42. The molecule has 0 saturated heterocycles. The van der Waals surface area contributed by atoms with E-state index in [9.17, 15) is 0 Å². The molecule has 2 rings (SSSR count). The Morgan fingerprint density at radius 2 is 2.36 bits per heavy atom. The zero-order valence-electron chi connectivity index (χ0n) is 8.99. The van der Waals surface area contributed by atoms with Crippen molar-refractivity contribution in [3.8, 4) is 0 Å². The lowest BCUT2D eigenvalue weighted by Crippen LogP contribution is -2.41. The first-order valence-corrected chi connectivity index (χ1v) is 5.59. The van der Waals surface area contributed by atoms with E-state index in [1.165, 1.54) is 12.8 Å². The molecule has 0 radical (unpaired) electrons. The van der Waals surface area contributed by atoms with Gasteiger partial charge >= 0.3 is 0 Å². The third-order valence-electron chi connectivity index (χ3n) is 3.11. The van der Waals surface area contributed by atoms with Crippen LogP contribution in [0.25, 0.3) is 0 Å². The average Bonchev–Trinajstić information content (AvgIpc) is 2.63. The molecule has 1 fully saturated rings. The highest BCUT2D eigenvalue weighted by atomic mass is 16.3. The van der Waals surface area contributed by atoms with Crippen molar-refractivity contribution >= 4 is 0 Å². The monoisotopic (exact) mass is 193 g/mol. The number of nitrogens with one attached hydrogen (secondary N) is 1. The molecule has 1 unspecified atom stereocenters. The van der Waals surface area contributed by atoms with E-state index in [2.05, 4.69) is 25.2 Å². The van der Waals surface area contributed by atoms with Gasteiger partial charge in [-0.1, -0.05) is 13.8 Å². The standard InChI is InChI=1S/C12H19NO/c1-3-11(12-5-4-6-14-12)13-10-7-9(2)8-10/h4-6,9-11,13H,3,7-8H2,1-2H3. The van der Waals surface area contributed by atoms with Crippen LogP contribution in [0.2, 0.25) is 0 Å². The van der Waals surface area contributed by atoms with Gasteiger partial charge < -0.3 is 9.73 Å². The second kappa shape index (κ2) is 4.18. The maximum absolute atomic E-state index is 5.42. The average molecular weight is 193 g/mol. The lowest BCUT2D eigenvalue weighted by Gasteiger charge is -2.35. The van der Waals surface area contributed by atoms with Crippen molar-refractivity contribution < 1.29 is 4.42 Å². The Morgan fingerprint density at radius 3 is 2.86 bits per heavy atom. The maximum Gasteiger partial charge on any atom is 0.120 e. The quantitative estimate of drug-likeness (QED) is 0.794. The topological polar surface area (TPSA) is 25.2 Å². The van der Waals surface area contributed by atoms with Crippen LogP contribution in [0.3, 0.4) is 0 Å². The van der Waals surface area contributed by atoms with Crippen LogP contribution in [0.5, 0.6) is 0 Å². The Hall–Kier alpha value is -0.760. The Balaban J connectivity index is 1.88. The third kappa shape index (κ3) is 2.01. The molecule has 2 heteroatoms. The van der Waals surface area contributed by atoms with E-state index >= 15 is 0 Å². The zero-order chi connectivity index (χ0) is 9.97. The summed E-state index contributed by atoms with van der Waals surface area (Å²) in [4.78, 5) is 0. The molecular weight excluding hydrogens is 174 g/mol. The van der Waals surface area contributed by atoms with Gasteiger partial charge in [0, 0.05) is 6.04 Å². The summed E-state index contributed by atoms with van der Waals surface area (Å²) in [5.41, 5.74) is 0. The van der Waals surface area contributed by atoms with Crippen molar-refractivity contribution in [3.63, 3.8) is 0 Å². The molecule has 0 aliphatic heterocycles. The molecule has 1 aliphatic rings. The van der Waals surface area contributed by atoms with Gasteiger partial charge in [-0.25, -0.2) is 0 Å². The van der Waals surface area contributed by atoms with E-state index in [-0.39, 0.29) is 0 Å². The zero-order valence-corrected chi connectivity index (χ0v) is 8.99. The van der Waals surface area contributed by atoms with Crippen molar-refractivity contribution in [1.29, 1.82) is 0 Å². The molecule has 0 spiro atoms. The summed E-state index contributed by atoms with van der Waals surface area (Å²) in [6.07, 6.45) is 5.48. The minimum absolute atomic E-state index is 0.405. The maximum atomic E-state index is 5.42. The van der Waals surface area contributed by atoms with Crippen LogP contribution in [0.1, 0.15) is 44.9 Å². The van der Waals surface area contributed by atoms with Crippen LogP contribution in [0, 0.1) is 5.92 Å². The first kappa shape index (κ1) is 9.78. The highest BCUT2D eigenvalue weighted by Crippen LogP contribution is 2.29. The molecule has 78 valence electrons. The largest absolute Gasteiger partial charge is 0.468 e. The molecule has 1 saturated carbocycles. The van der Waals surface area contributed by atoms with E-state index in [0.717, 1.165) is 18.1 Å². The SMILES string of the molecule is CCC(NC1CC(C)C1)c1ccco1. The van der Waals surface area contributed by atoms with E-state index < -0.39 is 0 Å². The van der Waals surface area contributed by atoms with Gasteiger partial charge in [0.2, 0.25) is 0 Å². The summed E-state index contributed by atoms with van der Waals surface area (Å²) in [5, 5.41) is 3.64. The van der Waals surface area contributed by atoms with Crippen LogP contribution in [0.4, 0.5) is 0 Å².